The van der Waals surface area contributed by atoms with Gasteiger partial charge in [-0.3, -0.25) is 9.48 Å². The second-order valence-corrected chi connectivity index (χ2v) is 6.75. The van der Waals surface area contributed by atoms with Gasteiger partial charge in [0.2, 0.25) is 0 Å². The molecular formula is C19H23N3O4. The van der Waals surface area contributed by atoms with Gasteiger partial charge < -0.3 is 19.5 Å². The minimum absolute atomic E-state index is 0.0236. The van der Waals surface area contributed by atoms with Crippen LogP contribution in [-0.4, -0.2) is 45.5 Å². The highest BCUT2D eigenvalue weighted by molar-refractivity contribution is 5.96. The maximum absolute atomic E-state index is 13.1. The lowest BCUT2D eigenvalue weighted by Gasteiger charge is -2.29. The number of aromatic nitrogens is 2. The summed E-state index contributed by atoms with van der Waals surface area (Å²) in [6, 6.07) is 5.54. The quantitative estimate of drug-likeness (QED) is 0.910. The fraction of sp³-hybridized carbons (Fsp3) is 0.474. The first-order valence-electron chi connectivity index (χ1n) is 9.01. The van der Waals surface area contributed by atoms with Gasteiger partial charge in [0, 0.05) is 12.1 Å². The zero-order valence-electron chi connectivity index (χ0n) is 15.1. The maximum atomic E-state index is 13.1. The van der Waals surface area contributed by atoms with Crippen molar-refractivity contribution in [1.82, 2.24) is 14.7 Å². The number of aliphatic hydroxyl groups excluding tert-OH is 1. The number of carbonyl (C=O) groups excluding carboxylic acids is 1. The van der Waals surface area contributed by atoms with Crippen LogP contribution in [0.4, 0.5) is 0 Å². The highest BCUT2D eigenvalue weighted by atomic mass is 16.6. The van der Waals surface area contributed by atoms with Crippen molar-refractivity contribution in [3.05, 3.63) is 40.7 Å². The molecule has 0 saturated heterocycles. The number of fused-ring (bicyclic) bond motifs is 2. The van der Waals surface area contributed by atoms with E-state index in [0.717, 1.165) is 11.3 Å². The molecule has 1 aromatic heterocycles. The van der Waals surface area contributed by atoms with Gasteiger partial charge in [0.25, 0.3) is 5.91 Å². The van der Waals surface area contributed by atoms with E-state index < -0.39 is 6.10 Å². The minimum Gasteiger partial charge on any atom is -0.486 e. The number of aliphatic hydroxyl groups is 1. The molecule has 0 radical (unpaired) electrons. The third kappa shape index (κ3) is 2.92. The lowest BCUT2D eigenvalue weighted by Crippen LogP contribution is -2.38. The monoisotopic (exact) mass is 357 g/mol. The summed E-state index contributed by atoms with van der Waals surface area (Å²) < 4.78 is 13.1. The predicted molar refractivity (Wildman–Crippen MR) is 94.4 cm³/mol. The Bertz CT molecular complexity index is 846. The average molecular weight is 357 g/mol. The molecule has 1 amide bonds. The SMILES string of the molecule is CCC(O)c1cc2n(n1)CCN(C(=O)c1cc3c(cc1C)OCCO3)C2. The van der Waals surface area contributed by atoms with E-state index in [0.29, 0.717) is 62.0 Å². The molecule has 7 nitrogen and oxygen atoms in total. The first-order valence-corrected chi connectivity index (χ1v) is 9.01. The molecule has 26 heavy (non-hydrogen) atoms. The van der Waals surface area contributed by atoms with Gasteiger partial charge in [0.1, 0.15) is 13.2 Å². The first kappa shape index (κ1) is 16.9. The van der Waals surface area contributed by atoms with Gasteiger partial charge in [0.15, 0.2) is 11.5 Å². The maximum Gasteiger partial charge on any atom is 0.254 e. The molecule has 2 aromatic rings. The van der Waals surface area contributed by atoms with E-state index in [4.69, 9.17) is 9.47 Å². The van der Waals surface area contributed by atoms with Crippen LogP contribution in [0.15, 0.2) is 18.2 Å². The zero-order chi connectivity index (χ0) is 18.3. The number of amides is 1. The number of hydrogen-bond acceptors (Lipinski definition) is 5. The van der Waals surface area contributed by atoms with E-state index in [9.17, 15) is 9.90 Å². The van der Waals surface area contributed by atoms with Crippen molar-refractivity contribution < 1.29 is 19.4 Å². The topological polar surface area (TPSA) is 76.8 Å². The molecular weight excluding hydrogens is 334 g/mol. The van der Waals surface area contributed by atoms with E-state index in [1.807, 2.05) is 35.6 Å². The van der Waals surface area contributed by atoms with Crippen LogP contribution in [0.1, 0.15) is 46.8 Å². The number of carbonyl (C=O) groups is 1. The van der Waals surface area contributed by atoms with Gasteiger partial charge in [-0.05, 0) is 37.1 Å². The third-order valence-electron chi connectivity index (χ3n) is 4.95. The summed E-state index contributed by atoms with van der Waals surface area (Å²) >= 11 is 0. The molecule has 3 heterocycles. The summed E-state index contributed by atoms with van der Waals surface area (Å²) in [7, 11) is 0. The molecule has 138 valence electrons. The van der Waals surface area contributed by atoms with Crippen LogP contribution < -0.4 is 9.47 Å². The number of ether oxygens (including phenoxy) is 2. The molecule has 1 aromatic carbocycles. The molecule has 2 aliphatic heterocycles. The number of nitrogens with zero attached hydrogens (tertiary/aromatic N) is 3. The van der Waals surface area contributed by atoms with Crippen molar-refractivity contribution in [2.75, 3.05) is 19.8 Å². The summed E-state index contributed by atoms with van der Waals surface area (Å²) in [5, 5.41) is 14.5. The Morgan fingerprint density at radius 2 is 1.96 bits per heavy atom. The van der Waals surface area contributed by atoms with Crippen molar-refractivity contribution >= 4 is 5.91 Å². The standard InChI is InChI=1S/C19H23N3O4/c1-3-16(23)15-9-13-11-21(4-5-22(13)20-15)19(24)14-10-18-17(8-12(14)2)25-6-7-26-18/h8-10,16,23H,3-7,11H2,1-2H3. The molecule has 0 aliphatic carbocycles. The molecule has 2 aliphatic rings. The molecule has 1 atom stereocenters. The van der Waals surface area contributed by atoms with Crippen LogP contribution in [0.2, 0.25) is 0 Å². The predicted octanol–water partition coefficient (Wildman–Crippen LogP) is 2.06. The fourth-order valence-electron chi connectivity index (χ4n) is 3.43. The Morgan fingerprint density at radius 1 is 1.23 bits per heavy atom. The smallest absolute Gasteiger partial charge is 0.254 e. The van der Waals surface area contributed by atoms with Gasteiger partial charge in [0.05, 0.1) is 30.6 Å². The van der Waals surface area contributed by atoms with Crippen LogP contribution in [0.3, 0.4) is 0 Å². The second-order valence-electron chi connectivity index (χ2n) is 6.75. The summed E-state index contributed by atoms with van der Waals surface area (Å²) in [6.07, 6.45) is 0.0625. The van der Waals surface area contributed by atoms with Crippen LogP contribution in [0, 0.1) is 6.92 Å². The molecule has 7 heteroatoms. The van der Waals surface area contributed by atoms with Crippen molar-refractivity contribution in [2.24, 2.45) is 0 Å². The lowest BCUT2D eigenvalue weighted by atomic mass is 10.1. The van der Waals surface area contributed by atoms with E-state index in [1.54, 1.807) is 6.07 Å². The van der Waals surface area contributed by atoms with E-state index in [1.165, 1.54) is 0 Å². The Kier molecular flexibility index (Phi) is 4.32. The summed E-state index contributed by atoms with van der Waals surface area (Å²) in [5.74, 6) is 1.30. The number of rotatable bonds is 3. The van der Waals surface area contributed by atoms with Crippen molar-refractivity contribution in [3.8, 4) is 11.5 Å². The number of aryl methyl sites for hydroxylation is 1. The highest BCUT2D eigenvalue weighted by Gasteiger charge is 2.26. The number of benzene rings is 1. The van der Waals surface area contributed by atoms with Crippen molar-refractivity contribution in [3.63, 3.8) is 0 Å². The third-order valence-corrected chi connectivity index (χ3v) is 4.95. The van der Waals surface area contributed by atoms with Gasteiger partial charge >= 0.3 is 0 Å². The summed E-state index contributed by atoms with van der Waals surface area (Å²) in [6.45, 7) is 6.55. The fourth-order valence-corrected chi connectivity index (χ4v) is 3.43. The molecule has 1 unspecified atom stereocenters. The van der Waals surface area contributed by atoms with Crippen LogP contribution in [-0.2, 0) is 13.1 Å². The minimum atomic E-state index is -0.558. The average Bonchev–Trinajstić information content (AvgIpc) is 3.09. The second kappa shape index (κ2) is 6.64. The normalized spacial score (nSPS) is 17.0. The zero-order valence-corrected chi connectivity index (χ0v) is 15.1. The van der Waals surface area contributed by atoms with Gasteiger partial charge in [-0.25, -0.2) is 0 Å². The number of hydrogen-bond donors (Lipinski definition) is 1. The molecule has 0 bridgehead atoms. The Morgan fingerprint density at radius 3 is 2.69 bits per heavy atom. The highest BCUT2D eigenvalue weighted by Crippen LogP contribution is 2.34. The van der Waals surface area contributed by atoms with Gasteiger partial charge in [-0.1, -0.05) is 6.92 Å². The molecule has 0 saturated carbocycles. The largest absolute Gasteiger partial charge is 0.486 e. The first-order chi connectivity index (χ1) is 12.6. The van der Waals surface area contributed by atoms with Crippen LogP contribution in [0.25, 0.3) is 0 Å². The van der Waals surface area contributed by atoms with Crippen molar-refractivity contribution in [1.29, 1.82) is 0 Å². The van der Waals surface area contributed by atoms with Crippen LogP contribution >= 0.6 is 0 Å². The lowest BCUT2D eigenvalue weighted by molar-refractivity contribution is 0.0703. The summed E-state index contributed by atoms with van der Waals surface area (Å²) in [4.78, 5) is 14.9. The molecule has 0 fully saturated rings. The Labute approximate surface area is 152 Å². The molecule has 4 rings (SSSR count). The van der Waals surface area contributed by atoms with Crippen LogP contribution in [0.5, 0.6) is 11.5 Å². The molecule has 0 spiro atoms. The van der Waals surface area contributed by atoms with E-state index in [-0.39, 0.29) is 5.91 Å². The molecule has 1 N–H and O–H groups in total. The Hall–Kier alpha value is -2.54. The Balaban J connectivity index is 1.57. The van der Waals surface area contributed by atoms with Gasteiger partial charge in [-0.15, -0.1) is 0 Å². The van der Waals surface area contributed by atoms with Gasteiger partial charge in [-0.2, -0.15) is 5.10 Å². The summed E-state index contributed by atoms with van der Waals surface area (Å²) in [5.41, 5.74) is 3.13. The van der Waals surface area contributed by atoms with E-state index >= 15 is 0 Å². The van der Waals surface area contributed by atoms with Crippen molar-refractivity contribution in [2.45, 2.75) is 39.5 Å². The van der Waals surface area contributed by atoms with E-state index in [2.05, 4.69) is 5.10 Å².